The van der Waals surface area contributed by atoms with E-state index in [4.69, 9.17) is 5.73 Å². The van der Waals surface area contributed by atoms with Gasteiger partial charge in [-0.1, -0.05) is 12.1 Å². The molecule has 2 aromatic carbocycles. The standard InChI is InChI=1S/C16H17FN2O/c1-11-8-13(10-15(18)9-11)16(20)19-7-6-12-2-4-14(17)5-3-12/h2-5,8-10H,6-7,18H2,1H3,(H,19,20). The number of nitrogens with one attached hydrogen (secondary N) is 1. The van der Waals surface area contributed by atoms with Gasteiger partial charge in [-0.15, -0.1) is 0 Å². The van der Waals surface area contributed by atoms with E-state index in [2.05, 4.69) is 5.32 Å². The van der Waals surface area contributed by atoms with Gasteiger partial charge in [0.15, 0.2) is 0 Å². The second kappa shape index (κ2) is 6.19. The van der Waals surface area contributed by atoms with E-state index in [0.717, 1.165) is 11.1 Å². The average molecular weight is 272 g/mol. The first kappa shape index (κ1) is 14.1. The molecule has 0 unspecified atom stereocenters. The second-order valence-electron chi connectivity index (χ2n) is 4.76. The lowest BCUT2D eigenvalue weighted by molar-refractivity contribution is 0.0954. The normalized spacial score (nSPS) is 10.3. The number of nitrogens with two attached hydrogens (primary N) is 1. The van der Waals surface area contributed by atoms with Crippen LogP contribution < -0.4 is 11.1 Å². The summed E-state index contributed by atoms with van der Waals surface area (Å²) in [5.74, 6) is -0.407. The molecule has 0 aromatic heterocycles. The van der Waals surface area contributed by atoms with Crippen LogP contribution in [0.2, 0.25) is 0 Å². The van der Waals surface area contributed by atoms with Crippen molar-refractivity contribution >= 4 is 11.6 Å². The quantitative estimate of drug-likeness (QED) is 0.841. The molecular formula is C16H17FN2O. The van der Waals surface area contributed by atoms with E-state index in [-0.39, 0.29) is 11.7 Å². The van der Waals surface area contributed by atoms with Gasteiger partial charge in [0.25, 0.3) is 5.91 Å². The highest BCUT2D eigenvalue weighted by atomic mass is 19.1. The van der Waals surface area contributed by atoms with Gasteiger partial charge in [0.1, 0.15) is 5.82 Å². The van der Waals surface area contributed by atoms with Crippen molar-refractivity contribution in [3.63, 3.8) is 0 Å². The molecule has 0 saturated heterocycles. The summed E-state index contributed by atoms with van der Waals surface area (Å²) in [5, 5.41) is 2.83. The average Bonchev–Trinajstić information content (AvgIpc) is 2.40. The summed E-state index contributed by atoms with van der Waals surface area (Å²) < 4.78 is 12.8. The van der Waals surface area contributed by atoms with Gasteiger partial charge in [-0.05, 0) is 54.8 Å². The zero-order valence-electron chi connectivity index (χ0n) is 11.3. The van der Waals surface area contributed by atoms with E-state index < -0.39 is 0 Å². The number of aryl methyl sites for hydroxylation is 1. The summed E-state index contributed by atoms with van der Waals surface area (Å²) in [6, 6.07) is 11.5. The first-order valence-corrected chi connectivity index (χ1v) is 6.44. The first-order valence-electron chi connectivity index (χ1n) is 6.44. The van der Waals surface area contributed by atoms with Crippen molar-refractivity contribution in [3.05, 3.63) is 65.0 Å². The van der Waals surface area contributed by atoms with Gasteiger partial charge in [-0.2, -0.15) is 0 Å². The molecule has 104 valence electrons. The predicted molar refractivity (Wildman–Crippen MR) is 78.0 cm³/mol. The smallest absolute Gasteiger partial charge is 0.251 e. The van der Waals surface area contributed by atoms with Crippen LogP contribution >= 0.6 is 0 Å². The molecule has 0 aliphatic carbocycles. The van der Waals surface area contributed by atoms with Crippen molar-refractivity contribution in [2.24, 2.45) is 0 Å². The van der Waals surface area contributed by atoms with Crippen molar-refractivity contribution in [2.75, 3.05) is 12.3 Å². The Balaban J connectivity index is 1.90. The molecule has 0 bridgehead atoms. The molecule has 2 aromatic rings. The number of hydrogen-bond donors (Lipinski definition) is 2. The lowest BCUT2D eigenvalue weighted by Gasteiger charge is -2.07. The first-order chi connectivity index (χ1) is 9.54. The molecule has 20 heavy (non-hydrogen) atoms. The maximum absolute atomic E-state index is 12.8. The highest BCUT2D eigenvalue weighted by Gasteiger charge is 2.06. The molecule has 0 spiro atoms. The number of hydrogen-bond acceptors (Lipinski definition) is 2. The van der Waals surface area contributed by atoms with Crippen LogP contribution in [0.3, 0.4) is 0 Å². The summed E-state index contributed by atoms with van der Waals surface area (Å²) in [6.45, 7) is 2.39. The molecule has 0 aliphatic heterocycles. The third kappa shape index (κ3) is 3.82. The number of rotatable bonds is 4. The molecule has 2 rings (SSSR count). The van der Waals surface area contributed by atoms with Crippen LogP contribution in [0.1, 0.15) is 21.5 Å². The Morgan fingerprint density at radius 1 is 1.20 bits per heavy atom. The molecule has 1 amide bonds. The van der Waals surface area contributed by atoms with Gasteiger partial charge in [-0.3, -0.25) is 4.79 Å². The number of carbonyl (C=O) groups excluding carboxylic acids is 1. The summed E-state index contributed by atoms with van der Waals surface area (Å²) in [4.78, 5) is 12.0. The largest absolute Gasteiger partial charge is 0.399 e. The van der Waals surface area contributed by atoms with Crippen LogP contribution in [0.5, 0.6) is 0 Å². The van der Waals surface area contributed by atoms with Gasteiger partial charge >= 0.3 is 0 Å². The Bertz CT molecular complexity index is 588. The lowest BCUT2D eigenvalue weighted by atomic mass is 10.1. The van der Waals surface area contributed by atoms with E-state index in [1.54, 1.807) is 24.3 Å². The van der Waals surface area contributed by atoms with Gasteiger partial charge in [0.05, 0.1) is 0 Å². The predicted octanol–water partition coefficient (Wildman–Crippen LogP) is 2.69. The number of benzene rings is 2. The molecular weight excluding hydrogens is 255 g/mol. The van der Waals surface area contributed by atoms with Crippen molar-refractivity contribution in [2.45, 2.75) is 13.3 Å². The molecule has 4 heteroatoms. The SMILES string of the molecule is Cc1cc(N)cc(C(=O)NCCc2ccc(F)cc2)c1. The summed E-state index contributed by atoms with van der Waals surface area (Å²) in [7, 11) is 0. The van der Waals surface area contributed by atoms with Gasteiger partial charge < -0.3 is 11.1 Å². The van der Waals surface area contributed by atoms with E-state index in [0.29, 0.717) is 24.2 Å². The highest BCUT2D eigenvalue weighted by molar-refractivity contribution is 5.95. The summed E-state index contributed by atoms with van der Waals surface area (Å²) in [6.07, 6.45) is 0.660. The minimum absolute atomic E-state index is 0.150. The molecule has 3 nitrogen and oxygen atoms in total. The third-order valence-corrected chi connectivity index (χ3v) is 2.97. The third-order valence-electron chi connectivity index (χ3n) is 2.97. The topological polar surface area (TPSA) is 55.1 Å². The van der Waals surface area contributed by atoms with E-state index in [9.17, 15) is 9.18 Å². The molecule has 0 aliphatic rings. The molecule has 0 heterocycles. The van der Waals surface area contributed by atoms with Crippen LogP contribution in [0.4, 0.5) is 10.1 Å². The number of anilines is 1. The van der Waals surface area contributed by atoms with Crippen LogP contribution in [-0.2, 0) is 6.42 Å². The maximum atomic E-state index is 12.8. The minimum Gasteiger partial charge on any atom is -0.399 e. The van der Waals surface area contributed by atoms with Crippen LogP contribution in [0.25, 0.3) is 0 Å². The fraction of sp³-hybridized carbons (Fsp3) is 0.188. The molecule has 3 N–H and O–H groups in total. The van der Waals surface area contributed by atoms with Crippen molar-refractivity contribution in [3.8, 4) is 0 Å². The summed E-state index contributed by atoms with van der Waals surface area (Å²) in [5.41, 5.74) is 8.78. The fourth-order valence-electron chi connectivity index (χ4n) is 2.02. The Hall–Kier alpha value is -2.36. The number of nitrogen functional groups attached to an aromatic ring is 1. The zero-order valence-corrected chi connectivity index (χ0v) is 11.3. The van der Waals surface area contributed by atoms with Crippen molar-refractivity contribution in [1.29, 1.82) is 0 Å². The Kier molecular flexibility index (Phi) is 4.35. The van der Waals surface area contributed by atoms with E-state index >= 15 is 0 Å². The second-order valence-corrected chi connectivity index (χ2v) is 4.76. The highest BCUT2D eigenvalue weighted by Crippen LogP contribution is 2.11. The van der Waals surface area contributed by atoms with Crippen molar-refractivity contribution < 1.29 is 9.18 Å². The molecule has 0 fully saturated rings. The molecule has 0 atom stereocenters. The van der Waals surface area contributed by atoms with E-state index in [1.165, 1.54) is 12.1 Å². The lowest BCUT2D eigenvalue weighted by Crippen LogP contribution is -2.25. The zero-order chi connectivity index (χ0) is 14.5. The van der Waals surface area contributed by atoms with Crippen LogP contribution in [-0.4, -0.2) is 12.5 Å². The number of carbonyl (C=O) groups is 1. The molecule has 0 saturated carbocycles. The van der Waals surface area contributed by atoms with Crippen LogP contribution in [0, 0.1) is 12.7 Å². The van der Waals surface area contributed by atoms with Gasteiger partial charge in [0, 0.05) is 17.8 Å². The Morgan fingerprint density at radius 3 is 2.55 bits per heavy atom. The van der Waals surface area contributed by atoms with Gasteiger partial charge in [-0.25, -0.2) is 4.39 Å². The Labute approximate surface area is 117 Å². The Morgan fingerprint density at radius 2 is 1.90 bits per heavy atom. The monoisotopic (exact) mass is 272 g/mol. The maximum Gasteiger partial charge on any atom is 0.251 e. The van der Waals surface area contributed by atoms with Gasteiger partial charge in [0.2, 0.25) is 0 Å². The van der Waals surface area contributed by atoms with E-state index in [1.807, 2.05) is 13.0 Å². The number of amides is 1. The summed E-state index contributed by atoms with van der Waals surface area (Å²) >= 11 is 0. The molecule has 0 radical (unpaired) electrons. The minimum atomic E-state index is -0.256. The van der Waals surface area contributed by atoms with Crippen LogP contribution in [0.15, 0.2) is 42.5 Å². The van der Waals surface area contributed by atoms with Crippen molar-refractivity contribution in [1.82, 2.24) is 5.32 Å². The number of halogens is 1. The fourth-order valence-corrected chi connectivity index (χ4v) is 2.02.